The molecule has 23 heavy (non-hydrogen) atoms. The summed E-state index contributed by atoms with van der Waals surface area (Å²) in [5.41, 5.74) is 4.40. The summed E-state index contributed by atoms with van der Waals surface area (Å²) < 4.78 is 6.17. The lowest BCUT2D eigenvalue weighted by Gasteiger charge is -2.12. The third-order valence-corrected chi connectivity index (χ3v) is 4.92. The Balaban J connectivity index is 2.19. The van der Waals surface area contributed by atoms with Gasteiger partial charge in [-0.2, -0.15) is 0 Å². The zero-order chi connectivity index (χ0) is 16.8. The molecule has 120 valence electrons. The lowest BCUT2D eigenvalue weighted by atomic mass is 10.1. The van der Waals surface area contributed by atoms with Crippen LogP contribution in [0.4, 0.5) is 0 Å². The van der Waals surface area contributed by atoms with Crippen LogP contribution in [0.15, 0.2) is 59.9 Å². The average Bonchev–Trinajstić information content (AvgIpc) is 3.01. The Bertz CT molecular complexity index is 715. The Labute approximate surface area is 139 Å². The fourth-order valence-electron chi connectivity index (χ4n) is 2.05. The summed E-state index contributed by atoms with van der Waals surface area (Å²) in [5, 5.41) is 0. The number of hydrogen-bond donors (Lipinski definition) is 0. The molecule has 0 bridgehead atoms. The molecular formula is C18H23N4P. The van der Waals surface area contributed by atoms with E-state index in [1.807, 2.05) is 37.5 Å². The van der Waals surface area contributed by atoms with Crippen LogP contribution in [0.1, 0.15) is 11.1 Å². The van der Waals surface area contributed by atoms with Crippen molar-refractivity contribution in [3.05, 3.63) is 66.3 Å². The molecule has 1 atom stereocenters. The van der Waals surface area contributed by atoms with Crippen LogP contribution in [0.2, 0.25) is 0 Å². The molecule has 0 amide bonds. The molecule has 0 saturated heterocycles. The van der Waals surface area contributed by atoms with E-state index in [1.165, 1.54) is 11.1 Å². The third-order valence-electron chi connectivity index (χ3n) is 3.60. The van der Waals surface area contributed by atoms with E-state index in [9.17, 15) is 0 Å². The number of imidazole rings is 1. The number of rotatable bonds is 7. The van der Waals surface area contributed by atoms with Gasteiger partial charge in [0.15, 0.2) is 0 Å². The second-order valence-corrected chi connectivity index (χ2v) is 7.28. The Morgan fingerprint density at radius 2 is 2.13 bits per heavy atom. The maximum absolute atomic E-state index is 4.43. The highest BCUT2D eigenvalue weighted by Gasteiger charge is 2.07. The van der Waals surface area contributed by atoms with Gasteiger partial charge >= 0.3 is 0 Å². The molecule has 0 saturated carbocycles. The highest BCUT2D eigenvalue weighted by Crippen LogP contribution is 2.28. The minimum Gasteiger partial charge on any atom is -0.378 e. The first-order valence-electron chi connectivity index (χ1n) is 7.35. The number of nitrogens with zero attached hydrogens (tertiary/aromatic N) is 4. The number of hydrogen-bond acceptors (Lipinski definition) is 3. The van der Waals surface area contributed by atoms with Crippen molar-refractivity contribution in [2.24, 2.45) is 4.76 Å². The molecule has 5 heteroatoms. The van der Waals surface area contributed by atoms with Crippen molar-refractivity contribution in [2.75, 3.05) is 20.8 Å². The Hall–Kier alpha value is -2.19. The van der Waals surface area contributed by atoms with Gasteiger partial charge in [-0.3, -0.25) is 4.76 Å². The van der Waals surface area contributed by atoms with Crippen LogP contribution >= 0.6 is 8.07 Å². The third kappa shape index (κ3) is 4.64. The van der Waals surface area contributed by atoms with Gasteiger partial charge in [-0.25, -0.2) is 4.98 Å². The number of benzene rings is 1. The zero-order valence-corrected chi connectivity index (χ0v) is 14.9. The summed E-state index contributed by atoms with van der Waals surface area (Å²) in [6.45, 7) is 10.5. The van der Waals surface area contributed by atoms with Crippen LogP contribution in [0.25, 0.3) is 6.08 Å². The van der Waals surface area contributed by atoms with Gasteiger partial charge in [0.2, 0.25) is 0 Å². The molecule has 0 spiro atoms. The molecule has 1 heterocycles. The molecule has 2 rings (SSSR count). The monoisotopic (exact) mass is 326 g/mol. The van der Waals surface area contributed by atoms with Gasteiger partial charge in [0.05, 0.1) is 14.4 Å². The number of likely N-dealkylation sites (N-methyl/N-ethyl adjacent to an activating group) is 1. The molecule has 0 aliphatic carbocycles. The first-order valence-corrected chi connectivity index (χ1v) is 9.09. The highest BCUT2D eigenvalue weighted by molar-refractivity contribution is 7.63. The van der Waals surface area contributed by atoms with Gasteiger partial charge in [0.1, 0.15) is 5.44 Å². The number of allylic oxidation sites excluding steroid dienone is 1. The van der Waals surface area contributed by atoms with E-state index in [0.29, 0.717) is 0 Å². The SMILES string of the molecule is C=NP(C)c1cn(Cc2ccccc2/C=C/C(=C)N(C)C)cn1. The molecule has 0 radical (unpaired) electrons. The number of aromatic nitrogens is 2. The van der Waals surface area contributed by atoms with Crippen molar-refractivity contribution in [1.29, 1.82) is 0 Å². The fourth-order valence-corrected chi connectivity index (χ4v) is 2.73. The molecular weight excluding hydrogens is 303 g/mol. The van der Waals surface area contributed by atoms with Crippen molar-refractivity contribution in [3.8, 4) is 0 Å². The minimum atomic E-state index is -0.607. The standard InChI is InChI=1S/C18H23N4P/c1-15(21(3)4)10-11-16-8-6-7-9-17(16)12-22-13-18(20-14-22)23(5)19-2/h6-11,13-14H,1-2,12H2,3-5H3/b11-10+. The summed E-state index contributed by atoms with van der Waals surface area (Å²) in [4.78, 5) is 6.42. The molecule has 1 aromatic carbocycles. The van der Waals surface area contributed by atoms with Crippen molar-refractivity contribution < 1.29 is 0 Å². The maximum atomic E-state index is 4.43. The summed E-state index contributed by atoms with van der Waals surface area (Å²) in [6.07, 6.45) is 8.05. The second kappa shape index (κ2) is 7.89. The lowest BCUT2D eigenvalue weighted by molar-refractivity contribution is 0.533. The highest BCUT2D eigenvalue weighted by atomic mass is 31.1. The normalized spacial score (nSPS) is 12.3. The molecule has 0 fully saturated rings. The molecule has 0 aliphatic rings. The summed E-state index contributed by atoms with van der Waals surface area (Å²) >= 11 is 0. The second-order valence-electron chi connectivity index (χ2n) is 5.49. The molecule has 1 aromatic heterocycles. The largest absolute Gasteiger partial charge is 0.378 e. The van der Waals surface area contributed by atoms with Crippen LogP contribution in [0.3, 0.4) is 0 Å². The minimum absolute atomic E-state index is 0.607. The van der Waals surface area contributed by atoms with Crippen LogP contribution in [0.5, 0.6) is 0 Å². The van der Waals surface area contributed by atoms with E-state index < -0.39 is 8.07 Å². The van der Waals surface area contributed by atoms with E-state index in [2.05, 4.69) is 64.7 Å². The van der Waals surface area contributed by atoms with E-state index in [4.69, 9.17) is 0 Å². The molecule has 1 unspecified atom stereocenters. The predicted molar refractivity (Wildman–Crippen MR) is 102 cm³/mol. The fraction of sp³-hybridized carbons (Fsp3) is 0.222. The Morgan fingerprint density at radius 1 is 1.39 bits per heavy atom. The van der Waals surface area contributed by atoms with Gasteiger partial charge in [0, 0.05) is 32.5 Å². The van der Waals surface area contributed by atoms with Gasteiger partial charge in [-0.05, 0) is 30.6 Å². The maximum Gasteiger partial charge on any atom is 0.103 e. The predicted octanol–water partition coefficient (Wildman–Crippen LogP) is 3.37. The van der Waals surface area contributed by atoms with Gasteiger partial charge in [0.25, 0.3) is 0 Å². The topological polar surface area (TPSA) is 33.4 Å². The van der Waals surface area contributed by atoms with Crippen molar-refractivity contribution >= 4 is 26.3 Å². The molecule has 2 aromatic rings. The summed E-state index contributed by atoms with van der Waals surface area (Å²) in [5.74, 6) is 0. The summed E-state index contributed by atoms with van der Waals surface area (Å²) in [6, 6.07) is 8.36. The van der Waals surface area contributed by atoms with Crippen LogP contribution in [0, 0.1) is 0 Å². The van der Waals surface area contributed by atoms with Crippen LogP contribution < -0.4 is 5.44 Å². The molecule has 0 aliphatic heterocycles. The smallest absolute Gasteiger partial charge is 0.103 e. The average molecular weight is 326 g/mol. The van der Waals surface area contributed by atoms with Crippen molar-refractivity contribution in [1.82, 2.24) is 14.5 Å². The van der Waals surface area contributed by atoms with Gasteiger partial charge in [-0.1, -0.05) is 36.9 Å². The van der Waals surface area contributed by atoms with E-state index in [-0.39, 0.29) is 0 Å². The van der Waals surface area contributed by atoms with Crippen LogP contribution in [-0.2, 0) is 6.54 Å². The van der Waals surface area contributed by atoms with Crippen molar-refractivity contribution in [2.45, 2.75) is 6.54 Å². The first-order chi connectivity index (χ1) is 11.0. The van der Waals surface area contributed by atoms with E-state index >= 15 is 0 Å². The quantitative estimate of drug-likeness (QED) is 0.444. The lowest BCUT2D eigenvalue weighted by Crippen LogP contribution is -2.07. The van der Waals surface area contributed by atoms with Crippen molar-refractivity contribution in [3.63, 3.8) is 0 Å². The Kier molecular flexibility index (Phi) is 5.89. The zero-order valence-electron chi connectivity index (χ0n) is 14.0. The first kappa shape index (κ1) is 17.2. The van der Waals surface area contributed by atoms with Gasteiger partial charge < -0.3 is 9.47 Å². The molecule has 4 nitrogen and oxygen atoms in total. The van der Waals surface area contributed by atoms with Crippen LogP contribution in [-0.4, -0.2) is 41.9 Å². The van der Waals surface area contributed by atoms with E-state index in [0.717, 1.165) is 17.7 Å². The summed E-state index contributed by atoms with van der Waals surface area (Å²) in [7, 11) is 3.37. The molecule has 0 N–H and O–H groups in total. The van der Waals surface area contributed by atoms with Gasteiger partial charge in [-0.15, -0.1) is 0 Å². The van der Waals surface area contributed by atoms with E-state index in [1.54, 1.807) is 0 Å². The Morgan fingerprint density at radius 3 is 2.83 bits per heavy atom.